The molecule has 1 spiro atoms. The van der Waals surface area contributed by atoms with Crippen molar-refractivity contribution < 1.29 is 4.74 Å². The lowest BCUT2D eigenvalue weighted by molar-refractivity contribution is 0.436. The first-order valence-corrected chi connectivity index (χ1v) is 18.2. The fourth-order valence-electron chi connectivity index (χ4n) is 9.65. The largest absolute Gasteiger partial charge is 0.457 e. The quantitative estimate of drug-likeness (QED) is 0.183. The standard InChI is InChI=1S/C51H34O/c1-50(37-13-3-2-4-14-37)42-18-8-5-15-38(42)41-29-27-35(31-46(41)50)33-23-25-34(26-24-33)36-28-30-49-47(32-36)51(45-21-11-12-22-48(45)52-49)43-19-9-6-16-39(43)40-17-7-10-20-44(40)51/h2-32H,1H3. The first kappa shape index (κ1) is 29.3. The van der Waals surface area contributed by atoms with E-state index in [4.69, 9.17) is 4.74 Å². The fraction of sp³-hybridized carbons (Fsp3) is 0.0588. The molecule has 3 aliphatic rings. The molecule has 0 saturated carbocycles. The third kappa shape index (κ3) is 3.83. The number of ether oxygens (including phenoxy) is 1. The zero-order valence-electron chi connectivity index (χ0n) is 28.8. The highest BCUT2D eigenvalue weighted by Crippen LogP contribution is 2.62. The highest BCUT2D eigenvalue weighted by Gasteiger charge is 2.51. The van der Waals surface area contributed by atoms with Crippen molar-refractivity contribution in [2.24, 2.45) is 0 Å². The number of rotatable bonds is 3. The van der Waals surface area contributed by atoms with Crippen LogP contribution in [-0.4, -0.2) is 0 Å². The van der Waals surface area contributed by atoms with Crippen molar-refractivity contribution in [1.29, 1.82) is 0 Å². The van der Waals surface area contributed by atoms with Crippen LogP contribution in [0.1, 0.15) is 45.9 Å². The van der Waals surface area contributed by atoms with Gasteiger partial charge >= 0.3 is 0 Å². The van der Waals surface area contributed by atoms with Gasteiger partial charge in [0.25, 0.3) is 0 Å². The Morgan fingerprint density at radius 3 is 1.42 bits per heavy atom. The van der Waals surface area contributed by atoms with Gasteiger partial charge in [-0.05, 0) is 104 Å². The van der Waals surface area contributed by atoms with Crippen LogP contribution >= 0.6 is 0 Å². The molecule has 0 aromatic heterocycles. The van der Waals surface area contributed by atoms with E-state index in [2.05, 4.69) is 195 Å². The van der Waals surface area contributed by atoms with Gasteiger partial charge < -0.3 is 4.74 Å². The van der Waals surface area contributed by atoms with Gasteiger partial charge in [-0.3, -0.25) is 0 Å². The van der Waals surface area contributed by atoms with Crippen LogP contribution in [0.15, 0.2) is 188 Å². The summed E-state index contributed by atoms with van der Waals surface area (Å²) in [6, 6.07) is 69.1. The van der Waals surface area contributed by atoms with Gasteiger partial charge in [0.05, 0.1) is 5.41 Å². The van der Waals surface area contributed by atoms with E-state index in [9.17, 15) is 0 Å². The van der Waals surface area contributed by atoms with Gasteiger partial charge in [-0.1, -0.05) is 164 Å². The van der Waals surface area contributed by atoms with Crippen molar-refractivity contribution in [2.45, 2.75) is 17.8 Å². The summed E-state index contributed by atoms with van der Waals surface area (Å²) >= 11 is 0. The Hall–Kier alpha value is -6.44. The number of benzene rings is 8. The Balaban J connectivity index is 1.03. The van der Waals surface area contributed by atoms with Crippen LogP contribution < -0.4 is 4.74 Å². The van der Waals surface area contributed by atoms with E-state index >= 15 is 0 Å². The molecule has 1 heteroatoms. The average Bonchev–Trinajstić information content (AvgIpc) is 3.66. The number of hydrogen-bond donors (Lipinski definition) is 0. The molecule has 0 amide bonds. The second-order valence-corrected chi connectivity index (χ2v) is 14.5. The lowest BCUT2D eigenvalue weighted by atomic mass is 9.66. The molecule has 52 heavy (non-hydrogen) atoms. The van der Waals surface area contributed by atoms with Crippen LogP contribution in [0.5, 0.6) is 11.5 Å². The molecule has 1 atom stereocenters. The van der Waals surface area contributed by atoms with Gasteiger partial charge in [0.2, 0.25) is 0 Å². The lowest BCUT2D eigenvalue weighted by Gasteiger charge is -2.39. The molecule has 8 aromatic carbocycles. The van der Waals surface area contributed by atoms with E-state index in [1.54, 1.807) is 0 Å². The molecule has 0 radical (unpaired) electrons. The van der Waals surface area contributed by atoms with Crippen molar-refractivity contribution in [1.82, 2.24) is 0 Å². The van der Waals surface area contributed by atoms with Crippen molar-refractivity contribution in [3.8, 4) is 56.0 Å². The molecule has 1 heterocycles. The molecule has 2 aliphatic carbocycles. The molecule has 0 saturated heterocycles. The van der Waals surface area contributed by atoms with Crippen molar-refractivity contribution in [3.63, 3.8) is 0 Å². The summed E-state index contributed by atoms with van der Waals surface area (Å²) < 4.78 is 6.67. The van der Waals surface area contributed by atoms with E-state index < -0.39 is 5.41 Å². The summed E-state index contributed by atoms with van der Waals surface area (Å²) in [5.74, 6) is 1.82. The maximum absolute atomic E-state index is 6.67. The number of para-hydroxylation sites is 1. The van der Waals surface area contributed by atoms with Gasteiger partial charge in [0.1, 0.15) is 11.5 Å². The molecule has 244 valence electrons. The fourth-order valence-corrected chi connectivity index (χ4v) is 9.65. The molecule has 1 unspecified atom stereocenters. The van der Waals surface area contributed by atoms with Crippen LogP contribution in [0.2, 0.25) is 0 Å². The average molecular weight is 663 g/mol. The molecule has 1 nitrogen and oxygen atoms in total. The first-order valence-electron chi connectivity index (χ1n) is 18.2. The third-order valence-electron chi connectivity index (χ3n) is 12.1. The van der Waals surface area contributed by atoms with E-state index in [0.717, 1.165) is 11.5 Å². The second kappa shape index (κ2) is 10.8. The molecule has 0 bridgehead atoms. The van der Waals surface area contributed by atoms with Crippen LogP contribution in [0.25, 0.3) is 44.5 Å². The molecule has 0 N–H and O–H groups in total. The Labute approximate surface area is 304 Å². The summed E-state index contributed by atoms with van der Waals surface area (Å²) in [5, 5.41) is 0. The van der Waals surface area contributed by atoms with E-state index in [-0.39, 0.29) is 5.41 Å². The van der Waals surface area contributed by atoms with Gasteiger partial charge in [-0.25, -0.2) is 0 Å². The zero-order chi connectivity index (χ0) is 34.4. The normalized spacial score (nSPS) is 16.6. The van der Waals surface area contributed by atoms with Crippen molar-refractivity contribution >= 4 is 0 Å². The lowest BCUT2D eigenvalue weighted by Crippen LogP contribution is -2.32. The maximum atomic E-state index is 6.67. The van der Waals surface area contributed by atoms with E-state index in [0.29, 0.717) is 0 Å². The van der Waals surface area contributed by atoms with Gasteiger partial charge in [0.15, 0.2) is 0 Å². The van der Waals surface area contributed by atoms with Gasteiger partial charge in [0, 0.05) is 16.5 Å². The predicted molar refractivity (Wildman–Crippen MR) is 212 cm³/mol. The van der Waals surface area contributed by atoms with Gasteiger partial charge in [-0.15, -0.1) is 0 Å². The molecule has 0 fully saturated rings. The summed E-state index contributed by atoms with van der Waals surface area (Å²) in [6.45, 7) is 2.38. The third-order valence-corrected chi connectivity index (χ3v) is 12.1. The Kier molecular flexibility index (Phi) is 6.08. The van der Waals surface area contributed by atoms with Crippen molar-refractivity contribution in [3.05, 3.63) is 227 Å². The molecule has 1 aliphatic heterocycles. The number of hydrogen-bond acceptors (Lipinski definition) is 1. The minimum absolute atomic E-state index is 0.222. The van der Waals surface area contributed by atoms with Crippen LogP contribution in [0, 0.1) is 0 Å². The monoisotopic (exact) mass is 662 g/mol. The minimum Gasteiger partial charge on any atom is -0.457 e. The molecular formula is C51H34O. The summed E-state index contributed by atoms with van der Waals surface area (Å²) in [7, 11) is 0. The summed E-state index contributed by atoms with van der Waals surface area (Å²) in [5.41, 5.74) is 18.4. The van der Waals surface area contributed by atoms with Crippen LogP contribution in [0.4, 0.5) is 0 Å². The smallest absolute Gasteiger partial charge is 0.132 e. The van der Waals surface area contributed by atoms with Crippen LogP contribution in [0.3, 0.4) is 0 Å². The Morgan fingerprint density at radius 2 is 0.769 bits per heavy atom. The zero-order valence-corrected chi connectivity index (χ0v) is 28.8. The van der Waals surface area contributed by atoms with Crippen molar-refractivity contribution in [2.75, 3.05) is 0 Å². The highest BCUT2D eigenvalue weighted by atomic mass is 16.5. The first-order chi connectivity index (χ1) is 25.7. The minimum atomic E-state index is -0.472. The van der Waals surface area contributed by atoms with Crippen LogP contribution in [-0.2, 0) is 10.8 Å². The summed E-state index contributed by atoms with van der Waals surface area (Å²) in [6.07, 6.45) is 0. The Bertz CT molecular complexity index is 2670. The Morgan fingerprint density at radius 1 is 0.327 bits per heavy atom. The molecule has 8 aromatic rings. The van der Waals surface area contributed by atoms with E-state index in [1.165, 1.54) is 83.5 Å². The molecular weight excluding hydrogens is 629 g/mol. The van der Waals surface area contributed by atoms with E-state index in [1.807, 2.05) is 0 Å². The van der Waals surface area contributed by atoms with Gasteiger partial charge in [-0.2, -0.15) is 0 Å². The highest BCUT2D eigenvalue weighted by molar-refractivity contribution is 5.90. The predicted octanol–water partition coefficient (Wildman–Crippen LogP) is 12.8. The topological polar surface area (TPSA) is 9.23 Å². The SMILES string of the molecule is CC1(c2ccccc2)c2ccccc2-c2ccc(-c3ccc(-c4ccc5c(c4)C4(c6ccccc6O5)c5ccccc5-c5ccccc54)cc3)cc21. The molecule has 11 rings (SSSR count). The number of fused-ring (bicyclic) bond motifs is 12. The summed E-state index contributed by atoms with van der Waals surface area (Å²) in [4.78, 5) is 0. The maximum Gasteiger partial charge on any atom is 0.132 e. The second-order valence-electron chi connectivity index (χ2n) is 14.5.